The van der Waals surface area contributed by atoms with Gasteiger partial charge >= 0.3 is 0 Å². The van der Waals surface area contributed by atoms with E-state index in [2.05, 4.69) is 41.6 Å². The summed E-state index contributed by atoms with van der Waals surface area (Å²) in [4.78, 5) is 12.6. The molecule has 2 aromatic carbocycles. The van der Waals surface area contributed by atoms with E-state index >= 15 is 0 Å². The third kappa shape index (κ3) is 3.57. The van der Waals surface area contributed by atoms with E-state index < -0.39 is 0 Å². The first kappa shape index (κ1) is 17.3. The Morgan fingerprint density at radius 1 is 1.22 bits per heavy atom. The number of carbonyl (C=O) groups excluding carboxylic acids is 1. The molecule has 2 heterocycles. The average molecular weight is 363 g/mol. The lowest BCUT2D eigenvalue weighted by molar-refractivity contribution is -0.00119. The lowest BCUT2D eigenvalue weighted by atomic mass is 10.1. The molecular weight excluding hydrogens is 342 g/mol. The number of aryl methyl sites for hydroxylation is 1. The summed E-state index contributed by atoms with van der Waals surface area (Å²) in [7, 11) is 1.57. The van der Waals surface area contributed by atoms with Crippen LogP contribution in [0.5, 0.6) is 5.75 Å². The number of anilines is 1. The maximum Gasteiger partial charge on any atom is 0.276 e. The maximum absolute atomic E-state index is 12.6. The fraction of sp³-hybridized carbons (Fsp3) is 0.238. The zero-order chi connectivity index (χ0) is 18.8. The molecule has 1 aliphatic heterocycles. The number of methoxy groups -OCH3 is 1. The number of amides is 1. The second-order valence-electron chi connectivity index (χ2n) is 6.57. The molecule has 6 nitrogen and oxygen atoms in total. The van der Waals surface area contributed by atoms with Crippen LogP contribution in [-0.2, 0) is 17.9 Å². The predicted molar refractivity (Wildman–Crippen MR) is 102 cm³/mol. The summed E-state index contributed by atoms with van der Waals surface area (Å²) < 4.78 is 13.1. The van der Waals surface area contributed by atoms with Crippen LogP contribution in [0.3, 0.4) is 0 Å². The molecule has 1 aliphatic rings. The highest BCUT2D eigenvalue weighted by Crippen LogP contribution is 2.28. The van der Waals surface area contributed by atoms with Gasteiger partial charge in [0.25, 0.3) is 5.91 Å². The molecule has 1 aromatic heterocycles. The van der Waals surface area contributed by atoms with Gasteiger partial charge in [0.2, 0.25) is 0 Å². The van der Waals surface area contributed by atoms with E-state index in [4.69, 9.17) is 9.47 Å². The summed E-state index contributed by atoms with van der Waals surface area (Å²) in [5.74, 6) is 0.339. The predicted octanol–water partition coefficient (Wildman–Crippen LogP) is 3.72. The molecule has 0 unspecified atom stereocenters. The highest BCUT2D eigenvalue weighted by atomic mass is 16.5. The number of benzene rings is 2. The monoisotopic (exact) mass is 363 g/mol. The molecule has 0 spiro atoms. The zero-order valence-corrected chi connectivity index (χ0v) is 15.3. The van der Waals surface area contributed by atoms with Crippen LogP contribution in [-0.4, -0.2) is 22.8 Å². The van der Waals surface area contributed by atoms with Crippen molar-refractivity contribution < 1.29 is 14.3 Å². The van der Waals surface area contributed by atoms with Gasteiger partial charge in [-0.1, -0.05) is 42.0 Å². The molecule has 4 rings (SSSR count). The summed E-state index contributed by atoms with van der Waals surface area (Å²) in [5, 5.41) is 7.33. The number of para-hydroxylation sites is 2. The number of hydrogen-bond donors (Lipinski definition) is 1. The van der Waals surface area contributed by atoms with E-state index in [-0.39, 0.29) is 12.0 Å². The smallest absolute Gasteiger partial charge is 0.276 e. The second kappa shape index (κ2) is 7.25. The molecule has 1 N–H and O–H groups in total. The Hall–Kier alpha value is -3.12. The quantitative estimate of drug-likeness (QED) is 0.767. The van der Waals surface area contributed by atoms with Crippen LogP contribution in [0.25, 0.3) is 0 Å². The Morgan fingerprint density at radius 2 is 2.00 bits per heavy atom. The summed E-state index contributed by atoms with van der Waals surface area (Å²) >= 11 is 0. The van der Waals surface area contributed by atoms with Gasteiger partial charge in [-0.2, -0.15) is 5.10 Å². The normalized spacial score (nSPS) is 15.9. The number of rotatable bonds is 4. The fourth-order valence-electron chi connectivity index (χ4n) is 3.15. The van der Waals surface area contributed by atoms with Crippen LogP contribution in [0.15, 0.2) is 54.6 Å². The molecule has 1 atom stereocenters. The SMILES string of the molecule is COc1ccccc1NC(=O)c1cc2n(n1)C[C@H](c1ccc(C)cc1)OC2. The third-order valence-corrected chi connectivity index (χ3v) is 4.67. The van der Waals surface area contributed by atoms with Gasteiger partial charge in [-0.3, -0.25) is 9.48 Å². The highest BCUT2D eigenvalue weighted by Gasteiger charge is 2.24. The topological polar surface area (TPSA) is 65.4 Å². The fourth-order valence-corrected chi connectivity index (χ4v) is 3.15. The Kier molecular flexibility index (Phi) is 4.64. The molecule has 0 radical (unpaired) electrons. The number of carbonyl (C=O) groups is 1. The average Bonchev–Trinajstić information content (AvgIpc) is 3.12. The van der Waals surface area contributed by atoms with Crippen molar-refractivity contribution in [3.05, 3.63) is 77.1 Å². The van der Waals surface area contributed by atoms with Crippen LogP contribution >= 0.6 is 0 Å². The van der Waals surface area contributed by atoms with Crippen LogP contribution in [0, 0.1) is 6.92 Å². The first-order valence-electron chi connectivity index (χ1n) is 8.83. The van der Waals surface area contributed by atoms with Gasteiger partial charge in [0, 0.05) is 0 Å². The first-order chi connectivity index (χ1) is 13.1. The van der Waals surface area contributed by atoms with Crippen LogP contribution in [0.1, 0.15) is 33.4 Å². The molecule has 138 valence electrons. The molecule has 0 aliphatic carbocycles. The number of aromatic nitrogens is 2. The van der Waals surface area contributed by atoms with E-state index in [1.54, 1.807) is 25.3 Å². The lowest BCUT2D eigenvalue weighted by Crippen LogP contribution is -2.22. The van der Waals surface area contributed by atoms with E-state index in [0.29, 0.717) is 30.3 Å². The van der Waals surface area contributed by atoms with Crippen molar-refractivity contribution in [3.63, 3.8) is 0 Å². The number of nitrogens with one attached hydrogen (secondary N) is 1. The van der Waals surface area contributed by atoms with Gasteiger partial charge in [0.15, 0.2) is 5.69 Å². The minimum atomic E-state index is -0.270. The summed E-state index contributed by atoms with van der Waals surface area (Å²) in [6.45, 7) is 3.07. The van der Waals surface area contributed by atoms with Crippen molar-refractivity contribution in [2.75, 3.05) is 12.4 Å². The van der Waals surface area contributed by atoms with Gasteiger partial charge in [-0.15, -0.1) is 0 Å². The minimum Gasteiger partial charge on any atom is -0.495 e. The van der Waals surface area contributed by atoms with Crippen LogP contribution in [0.4, 0.5) is 5.69 Å². The maximum atomic E-state index is 12.6. The van der Waals surface area contributed by atoms with Crippen molar-refractivity contribution in [1.29, 1.82) is 0 Å². The van der Waals surface area contributed by atoms with Gasteiger partial charge in [0.1, 0.15) is 11.9 Å². The largest absolute Gasteiger partial charge is 0.495 e. The summed E-state index contributed by atoms with van der Waals surface area (Å²) in [5.41, 5.74) is 4.20. The van der Waals surface area contributed by atoms with Gasteiger partial charge in [-0.05, 0) is 30.7 Å². The van der Waals surface area contributed by atoms with Gasteiger partial charge < -0.3 is 14.8 Å². The molecule has 27 heavy (non-hydrogen) atoms. The molecule has 0 saturated heterocycles. The molecule has 0 saturated carbocycles. The van der Waals surface area contributed by atoms with Crippen molar-refractivity contribution in [2.45, 2.75) is 26.2 Å². The highest BCUT2D eigenvalue weighted by molar-refractivity contribution is 6.03. The van der Waals surface area contributed by atoms with Crippen LogP contribution < -0.4 is 10.1 Å². The Labute approximate surface area is 157 Å². The lowest BCUT2D eigenvalue weighted by Gasteiger charge is -2.24. The first-order valence-corrected chi connectivity index (χ1v) is 8.83. The van der Waals surface area contributed by atoms with Gasteiger partial charge in [0.05, 0.1) is 31.6 Å². The second-order valence-corrected chi connectivity index (χ2v) is 6.57. The van der Waals surface area contributed by atoms with Crippen molar-refractivity contribution in [3.8, 4) is 5.75 Å². The van der Waals surface area contributed by atoms with Crippen molar-refractivity contribution >= 4 is 11.6 Å². The van der Waals surface area contributed by atoms with E-state index in [1.165, 1.54) is 5.56 Å². The van der Waals surface area contributed by atoms with Crippen molar-refractivity contribution in [1.82, 2.24) is 9.78 Å². The Morgan fingerprint density at radius 3 is 2.78 bits per heavy atom. The van der Waals surface area contributed by atoms with E-state index in [1.807, 2.05) is 16.8 Å². The Bertz CT molecular complexity index is 963. The molecule has 1 amide bonds. The summed E-state index contributed by atoms with van der Waals surface area (Å²) in [6, 6.07) is 17.4. The zero-order valence-electron chi connectivity index (χ0n) is 15.3. The molecule has 3 aromatic rings. The molecule has 6 heteroatoms. The van der Waals surface area contributed by atoms with E-state index in [9.17, 15) is 4.79 Å². The number of nitrogens with zero attached hydrogens (tertiary/aromatic N) is 2. The standard InChI is InChI=1S/C21H21N3O3/c1-14-7-9-15(10-8-14)20-12-24-16(13-27-20)11-18(23-24)21(25)22-17-5-3-4-6-19(17)26-2/h3-11,20H,12-13H2,1-2H3,(H,22,25)/t20-/m1/s1. The number of ether oxygens (including phenoxy) is 2. The number of fused-ring (bicyclic) bond motifs is 1. The molecular formula is C21H21N3O3. The van der Waals surface area contributed by atoms with Gasteiger partial charge in [-0.25, -0.2) is 0 Å². The Balaban J connectivity index is 1.51. The minimum absolute atomic E-state index is 0.0665. The van der Waals surface area contributed by atoms with E-state index in [0.717, 1.165) is 11.3 Å². The molecule has 0 bridgehead atoms. The number of hydrogen-bond acceptors (Lipinski definition) is 4. The van der Waals surface area contributed by atoms with Crippen molar-refractivity contribution in [2.24, 2.45) is 0 Å². The molecule has 0 fully saturated rings. The third-order valence-electron chi connectivity index (χ3n) is 4.67. The van der Waals surface area contributed by atoms with Crippen LogP contribution in [0.2, 0.25) is 0 Å². The summed E-state index contributed by atoms with van der Waals surface area (Å²) in [6.07, 6.45) is -0.0665.